The van der Waals surface area contributed by atoms with Crippen molar-refractivity contribution >= 4 is 5.78 Å². The predicted molar refractivity (Wildman–Crippen MR) is 63.2 cm³/mol. The zero-order chi connectivity index (χ0) is 11.5. The van der Waals surface area contributed by atoms with Gasteiger partial charge >= 0.3 is 0 Å². The highest BCUT2D eigenvalue weighted by atomic mass is 16.1. The fourth-order valence-electron chi connectivity index (χ4n) is 2.88. The molecule has 0 saturated heterocycles. The summed E-state index contributed by atoms with van der Waals surface area (Å²) in [6, 6.07) is 0. The summed E-state index contributed by atoms with van der Waals surface area (Å²) in [7, 11) is 0. The van der Waals surface area contributed by atoms with E-state index in [4.69, 9.17) is 0 Å². The second-order valence-corrected chi connectivity index (χ2v) is 5.15. The highest BCUT2D eigenvalue weighted by Crippen LogP contribution is 2.36. The molecule has 0 bridgehead atoms. The molecule has 1 saturated carbocycles. The Morgan fingerprint density at radius 1 is 1.44 bits per heavy atom. The largest absolute Gasteiger partial charge is 0.294 e. The van der Waals surface area contributed by atoms with Gasteiger partial charge in [0.15, 0.2) is 5.78 Å². The van der Waals surface area contributed by atoms with Gasteiger partial charge in [0.1, 0.15) is 0 Å². The highest BCUT2D eigenvalue weighted by Gasteiger charge is 2.33. The Hall–Kier alpha value is -1.12. The Morgan fingerprint density at radius 3 is 2.81 bits per heavy atom. The first-order valence-corrected chi connectivity index (χ1v) is 6.23. The third-order valence-electron chi connectivity index (χ3n) is 3.80. The monoisotopic (exact) mass is 220 g/mol. The Morgan fingerprint density at radius 2 is 2.19 bits per heavy atom. The van der Waals surface area contributed by atoms with Gasteiger partial charge in [-0.05, 0) is 24.7 Å². The number of rotatable bonds is 3. The van der Waals surface area contributed by atoms with E-state index in [-0.39, 0.29) is 11.7 Å². The number of Topliss-reactive ketones (excluding diaryl/α,β-unsaturated/α-hetero) is 1. The molecule has 1 fully saturated rings. The molecule has 0 amide bonds. The summed E-state index contributed by atoms with van der Waals surface area (Å²) in [5.41, 5.74) is 0.748. The van der Waals surface area contributed by atoms with Crippen molar-refractivity contribution in [2.75, 3.05) is 0 Å². The molecule has 0 aliphatic heterocycles. The van der Waals surface area contributed by atoms with E-state index in [1.165, 1.54) is 19.3 Å². The molecule has 3 heteroatoms. The number of nitrogens with one attached hydrogen (secondary N) is 1. The number of ketones is 1. The fourth-order valence-corrected chi connectivity index (χ4v) is 2.88. The number of hydrogen-bond donors (Lipinski definition) is 1. The number of hydrogen-bond acceptors (Lipinski definition) is 2. The first-order chi connectivity index (χ1) is 7.70. The zero-order valence-corrected chi connectivity index (χ0v) is 10.1. The number of aromatic amines is 1. The summed E-state index contributed by atoms with van der Waals surface area (Å²) in [6.45, 7) is 4.46. The summed E-state index contributed by atoms with van der Waals surface area (Å²) < 4.78 is 0. The van der Waals surface area contributed by atoms with Gasteiger partial charge < -0.3 is 0 Å². The van der Waals surface area contributed by atoms with Crippen LogP contribution in [0.5, 0.6) is 0 Å². The quantitative estimate of drug-likeness (QED) is 0.796. The maximum atomic E-state index is 12.3. The van der Waals surface area contributed by atoms with Crippen LogP contribution in [0.1, 0.15) is 49.9 Å². The van der Waals surface area contributed by atoms with Gasteiger partial charge in [0.05, 0.1) is 11.8 Å². The number of nitrogens with zero attached hydrogens (tertiary/aromatic N) is 1. The second kappa shape index (κ2) is 4.81. The Kier molecular flexibility index (Phi) is 3.42. The van der Waals surface area contributed by atoms with Gasteiger partial charge in [0.2, 0.25) is 0 Å². The van der Waals surface area contributed by atoms with Gasteiger partial charge in [-0.15, -0.1) is 0 Å². The SMILES string of the molecule is CC(C)C1CCCCC1C(=O)c1cn[nH]c1. The number of carbonyl (C=O) groups is 1. The third kappa shape index (κ3) is 2.18. The van der Waals surface area contributed by atoms with Crippen molar-refractivity contribution in [2.24, 2.45) is 17.8 Å². The molecular weight excluding hydrogens is 200 g/mol. The molecule has 1 heterocycles. The van der Waals surface area contributed by atoms with Crippen LogP contribution in [0.4, 0.5) is 0 Å². The third-order valence-corrected chi connectivity index (χ3v) is 3.80. The van der Waals surface area contributed by atoms with Crippen LogP contribution >= 0.6 is 0 Å². The molecular formula is C13H20N2O. The lowest BCUT2D eigenvalue weighted by atomic mass is 9.71. The van der Waals surface area contributed by atoms with Crippen molar-refractivity contribution < 1.29 is 4.79 Å². The molecule has 1 N–H and O–H groups in total. The van der Waals surface area contributed by atoms with E-state index in [1.54, 1.807) is 12.4 Å². The van der Waals surface area contributed by atoms with Gasteiger partial charge in [0, 0.05) is 12.1 Å². The van der Waals surface area contributed by atoms with E-state index < -0.39 is 0 Å². The summed E-state index contributed by atoms with van der Waals surface area (Å²) >= 11 is 0. The normalized spacial score (nSPS) is 25.9. The van der Waals surface area contributed by atoms with E-state index in [2.05, 4.69) is 24.0 Å². The van der Waals surface area contributed by atoms with Crippen LogP contribution in [0.25, 0.3) is 0 Å². The fraction of sp³-hybridized carbons (Fsp3) is 0.692. The van der Waals surface area contributed by atoms with Crippen LogP contribution in [0.2, 0.25) is 0 Å². The van der Waals surface area contributed by atoms with Crippen LogP contribution in [-0.4, -0.2) is 16.0 Å². The molecule has 0 radical (unpaired) electrons. The van der Waals surface area contributed by atoms with E-state index in [9.17, 15) is 4.79 Å². The summed E-state index contributed by atoms with van der Waals surface area (Å²) in [6.07, 6.45) is 8.08. The van der Waals surface area contributed by atoms with Gasteiger partial charge in [-0.3, -0.25) is 9.89 Å². The standard InChI is InChI=1S/C13H20N2O/c1-9(2)11-5-3-4-6-12(11)13(16)10-7-14-15-8-10/h7-9,11-12H,3-6H2,1-2H3,(H,14,15). The Bertz CT molecular complexity index is 343. The van der Waals surface area contributed by atoms with Crippen LogP contribution in [0.3, 0.4) is 0 Å². The number of H-pyrrole nitrogens is 1. The minimum absolute atomic E-state index is 0.214. The lowest BCUT2D eigenvalue weighted by molar-refractivity contribution is 0.0776. The van der Waals surface area contributed by atoms with Crippen molar-refractivity contribution in [3.63, 3.8) is 0 Å². The maximum absolute atomic E-state index is 12.3. The molecule has 1 aromatic rings. The lowest BCUT2D eigenvalue weighted by Crippen LogP contribution is -2.30. The molecule has 1 aliphatic rings. The first-order valence-electron chi connectivity index (χ1n) is 6.23. The molecule has 88 valence electrons. The average Bonchev–Trinajstić information content (AvgIpc) is 2.81. The maximum Gasteiger partial charge on any atom is 0.169 e. The zero-order valence-electron chi connectivity index (χ0n) is 10.1. The summed E-state index contributed by atoms with van der Waals surface area (Å²) in [4.78, 5) is 12.3. The summed E-state index contributed by atoms with van der Waals surface area (Å²) in [5.74, 6) is 1.65. The van der Waals surface area contributed by atoms with Crippen molar-refractivity contribution in [1.82, 2.24) is 10.2 Å². The molecule has 0 aromatic carbocycles. The number of aromatic nitrogens is 2. The van der Waals surface area contributed by atoms with Crippen LogP contribution in [-0.2, 0) is 0 Å². The van der Waals surface area contributed by atoms with Gasteiger partial charge in [-0.25, -0.2) is 0 Å². The van der Waals surface area contributed by atoms with Crippen LogP contribution in [0.15, 0.2) is 12.4 Å². The van der Waals surface area contributed by atoms with Crippen LogP contribution < -0.4 is 0 Å². The smallest absolute Gasteiger partial charge is 0.169 e. The second-order valence-electron chi connectivity index (χ2n) is 5.15. The molecule has 2 rings (SSSR count). The van der Waals surface area contributed by atoms with Gasteiger partial charge in [0.25, 0.3) is 0 Å². The Balaban J connectivity index is 2.14. The highest BCUT2D eigenvalue weighted by molar-refractivity contribution is 5.97. The van der Waals surface area contributed by atoms with Crippen molar-refractivity contribution in [3.05, 3.63) is 18.0 Å². The van der Waals surface area contributed by atoms with E-state index in [0.29, 0.717) is 11.8 Å². The Labute approximate surface area is 96.6 Å². The van der Waals surface area contributed by atoms with Crippen LogP contribution in [0, 0.1) is 17.8 Å². The molecule has 2 unspecified atom stereocenters. The molecule has 3 nitrogen and oxygen atoms in total. The molecule has 0 spiro atoms. The van der Waals surface area contributed by atoms with E-state index >= 15 is 0 Å². The van der Waals surface area contributed by atoms with E-state index in [1.807, 2.05) is 0 Å². The van der Waals surface area contributed by atoms with Crippen molar-refractivity contribution in [1.29, 1.82) is 0 Å². The lowest BCUT2D eigenvalue weighted by Gasteiger charge is -2.33. The molecule has 1 aromatic heterocycles. The van der Waals surface area contributed by atoms with E-state index in [0.717, 1.165) is 12.0 Å². The van der Waals surface area contributed by atoms with Crippen molar-refractivity contribution in [2.45, 2.75) is 39.5 Å². The average molecular weight is 220 g/mol. The van der Waals surface area contributed by atoms with Gasteiger partial charge in [-0.2, -0.15) is 5.10 Å². The summed E-state index contributed by atoms with van der Waals surface area (Å²) in [5, 5.41) is 6.59. The minimum atomic E-state index is 0.214. The minimum Gasteiger partial charge on any atom is -0.294 e. The molecule has 16 heavy (non-hydrogen) atoms. The molecule has 2 atom stereocenters. The molecule has 1 aliphatic carbocycles. The van der Waals surface area contributed by atoms with Gasteiger partial charge in [-0.1, -0.05) is 26.7 Å². The predicted octanol–water partition coefficient (Wildman–Crippen LogP) is 3.05. The van der Waals surface area contributed by atoms with Crippen molar-refractivity contribution in [3.8, 4) is 0 Å². The first kappa shape index (κ1) is 11.4. The topological polar surface area (TPSA) is 45.8 Å². The number of carbonyl (C=O) groups excluding carboxylic acids is 1.